The van der Waals surface area contributed by atoms with Gasteiger partial charge in [0.05, 0.1) is 30.1 Å². The van der Waals surface area contributed by atoms with E-state index in [1.165, 1.54) is 4.31 Å². The predicted octanol–water partition coefficient (Wildman–Crippen LogP) is 1.73. The lowest BCUT2D eigenvalue weighted by Gasteiger charge is -2.47. The number of aromatic nitrogens is 4. The second kappa shape index (κ2) is 13.5. The largest absolute Gasteiger partial charge is 0.467 e. The molecule has 44 heavy (non-hydrogen) atoms. The molecule has 2 aromatic heterocycles. The van der Waals surface area contributed by atoms with Crippen LogP contribution in [0.4, 0.5) is 11.6 Å². The van der Waals surface area contributed by atoms with E-state index in [4.69, 9.17) is 4.74 Å². The van der Waals surface area contributed by atoms with Crippen LogP contribution in [0.1, 0.15) is 36.5 Å². The van der Waals surface area contributed by atoms with Gasteiger partial charge in [0.1, 0.15) is 12.1 Å². The number of nitriles is 1. The highest BCUT2D eigenvalue weighted by Crippen LogP contribution is 2.35. The van der Waals surface area contributed by atoms with Gasteiger partial charge in [-0.25, -0.2) is 18.4 Å². The number of carbonyl (C=O) groups excluding carboxylic acids is 2. The second-order valence-electron chi connectivity index (χ2n) is 10.9. The number of sulfonamides is 1. The van der Waals surface area contributed by atoms with Crippen LogP contribution in [0.15, 0.2) is 48.9 Å². The van der Waals surface area contributed by atoms with Crippen LogP contribution < -0.4 is 10.6 Å². The van der Waals surface area contributed by atoms with Gasteiger partial charge in [-0.15, -0.1) is 0 Å². The molecule has 14 nitrogen and oxygen atoms in total. The number of nitrogens with zero attached hydrogens (tertiary/aromatic N) is 7. The Morgan fingerprint density at radius 2 is 1.95 bits per heavy atom. The molecule has 2 aliphatic heterocycles. The summed E-state index contributed by atoms with van der Waals surface area (Å²) in [5.74, 6) is 0.230. The molecule has 232 valence electrons. The molecule has 1 aromatic carbocycles. The Bertz CT molecular complexity index is 1610. The molecule has 15 heteroatoms. The fourth-order valence-corrected chi connectivity index (χ4v) is 6.64. The average molecular weight is 622 g/mol. The zero-order valence-electron chi connectivity index (χ0n) is 24.4. The summed E-state index contributed by atoms with van der Waals surface area (Å²) in [6.45, 7) is 5.18. The fourth-order valence-electron chi connectivity index (χ4n) is 5.40. The van der Waals surface area contributed by atoms with Gasteiger partial charge < -0.3 is 15.4 Å². The van der Waals surface area contributed by atoms with Crippen LogP contribution in [0.25, 0.3) is 11.3 Å². The highest BCUT2D eigenvalue weighted by Gasteiger charge is 2.49. The van der Waals surface area contributed by atoms with Crippen molar-refractivity contribution in [3.05, 3.63) is 54.5 Å². The Morgan fingerprint density at radius 1 is 1.20 bits per heavy atom. The molecule has 0 radical (unpaired) electrons. The maximum Gasteiger partial charge on any atom is 0.293 e. The number of likely N-dealkylation sites (tertiary alicyclic amines) is 1. The minimum absolute atomic E-state index is 0.00841. The molecule has 0 unspecified atom stereocenters. The molecule has 2 saturated heterocycles. The third-order valence-electron chi connectivity index (χ3n) is 8.05. The van der Waals surface area contributed by atoms with Crippen molar-refractivity contribution in [3.63, 3.8) is 0 Å². The standard InChI is InChI=1S/C29H35N9O5S/c1-2-44(41,42)37-19-29(20-37,10-11-30)38-18-23(17-32-38)26-7-12-31-28(35-26)34-24-5-3-22(4-6-24)27(40)33-25-8-13-36(14-9-25)15-16-43-21-39/h3-7,12,17-18,21,25H,2,8-10,13-16,19-20H2,1H3,(H,33,40)(H,31,34,35). The van der Waals surface area contributed by atoms with Crippen LogP contribution >= 0.6 is 0 Å². The third kappa shape index (κ3) is 7.04. The molecule has 1 amide bonds. The van der Waals surface area contributed by atoms with Gasteiger partial charge in [-0.3, -0.25) is 19.2 Å². The number of carbonyl (C=O) groups is 2. The number of benzene rings is 1. The number of amides is 1. The Balaban J connectivity index is 1.17. The van der Waals surface area contributed by atoms with Crippen molar-refractivity contribution in [1.29, 1.82) is 5.26 Å². The summed E-state index contributed by atoms with van der Waals surface area (Å²) in [6, 6.07) is 11.1. The summed E-state index contributed by atoms with van der Waals surface area (Å²) in [5, 5.41) is 20.1. The highest BCUT2D eigenvalue weighted by molar-refractivity contribution is 7.89. The number of hydrogen-bond donors (Lipinski definition) is 2. The molecule has 2 fully saturated rings. The topological polar surface area (TPSA) is 175 Å². The molecule has 3 aromatic rings. The Kier molecular flexibility index (Phi) is 9.52. The van der Waals surface area contributed by atoms with Crippen LogP contribution in [-0.4, -0.2) is 101 Å². The first-order valence-electron chi connectivity index (χ1n) is 14.4. The van der Waals surface area contributed by atoms with Crippen LogP contribution in [0.5, 0.6) is 0 Å². The molecule has 0 aliphatic carbocycles. The predicted molar refractivity (Wildman–Crippen MR) is 161 cm³/mol. The molecule has 0 atom stereocenters. The van der Waals surface area contributed by atoms with Gasteiger partial charge in [0.2, 0.25) is 16.0 Å². The zero-order valence-corrected chi connectivity index (χ0v) is 25.2. The van der Waals surface area contributed by atoms with Crippen molar-refractivity contribution >= 4 is 34.0 Å². The van der Waals surface area contributed by atoms with E-state index < -0.39 is 15.6 Å². The van der Waals surface area contributed by atoms with Crippen LogP contribution in [0.2, 0.25) is 0 Å². The van der Waals surface area contributed by atoms with Crippen molar-refractivity contribution in [1.82, 2.24) is 34.3 Å². The molecule has 5 rings (SSSR count). The summed E-state index contributed by atoms with van der Waals surface area (Å²) >= 11 is 0. The first-order valence-corrected chi connectivity index (χ1v) is 16.0. The van der Waals surface area contributed by atoms with Gasteiger partial charge in [0, 0.05) is 68.0 Å². The molecule has 0 spiro atoms. The Morgan fingerprint density at radius 3 is 2.64 bits per heavy atom. The number of nitrogens with one attached hydrogen (secondary N) is 2. The van der Waals surface area contributed by atoms with Crippen LogP contribution in [0, 0.1) is 11.3 Å². The summed E-state index contributed by atoms with van der Waals surface area (Å²) in [5.41, 5.74) is 1.85. The van der Waals surface area contributed by atoms with Gasteiger partial charge in [-0.05, 0) is 50.1 Å². The monoisotopic (exact) mass is 621 g/mol. The molecular formula is C29H35N9O5S. The van der Waals surface area contributed by atoms with Crippen LogP contribution in [0.3, 0.4) is 0 Å². The fraction of sp³-hybridized carbons (Fsp3) is 0.448. The number of hydrogen-bond acceptors (Lipinski definition) is 11. The Labute approximate surface area is 256 Å². The second-order valence-corrected chi connectivity index (χ2v) is 13.2. The summed E-state index contributed by atoms with van der Waals surface area (Å²) in [7, 11) is -3.34. The van der Waals surface area contributed by atoms with E-state index in [0.717, 1.165) is 25.9 Å². The maximum absolute atomic E-state index is 12.8. The molecule has 2 aliphatic rings. The van der Waals surface area contributed by atoms with E-state index in [2.05, 4.69) is 36.7 Å². The SMILES string of the molecule is CCS(=O)(=O)N1CC(CC#N)(n2cc(-c3ccnc(Nc4ccc(C(=O)NC5CCN(CCOC=O)CC5)cc4)n3)cn2)C1. The molecule has 2 N–H and O–H groups in total. The van der Waals surface area contributed by atoms with Gasteiger partial charge in [-0.1, -0.05) is 0 Å². The number of piperidine rings is 1. The van der Waals surface area contributed by atoms with Crippen LogP contribution in [-0.2, 0) is 25.1 Å². The maximum atomic E-state index is 12.8. The van der Waals surface area contributed by atoms with Crippen molar-refractivity contribution in [2.24, 2.45) is 0 Å². The van der Waals surface area contributed by atoms with Crippen molar-refractivity contribution in [2.75, 3.05) is 50.4 Å². The lowest BCUT2D eigenvalue weighted by atomic mass is 9.89. The van der Waals surface area contributed by atoms with E-state index in [-0.39, 0.29) is 37.2 Å². The van der Waals surface area contributed by atoms with E-state index in [9.17, 15) is 23.3 Å². The quantitative estimate of drug-likeness (QED) is 0.210. The van der Waals surface area contributed by atoms with E-state index in [0.29, 0.717) is 48.1 Å². The first-order chi connectivity index (χ1) is 21.2. The lowest BCUT2D eigenvalue weighted by molar-refractivity contribution is -0.129. The number of ether oxygens (including phenoxy) is 1. The minimum Gasteiger partial charge on any atom is -0.467 e. The number of rotatable bonds is 13. The van der Waals surface area contributed by atoms with E-state index >= 15 is 0 Å². The molecule has 0 saturated carbocycles. The summed E-state index contributed by atoms with van der Waals surface area (Å²) in [4.78, 5) is 34.2. The van der Waals surface area contributed by atoms with Crippen molar-refractivity contribution in [2.45, 2.75) is 37.8 Å². The Hall–Kier alpha value is -4.39. The van der Waals surface area contributed by atoms with Gasteiger partial charge in [-0.2, -0.15) is 14.7 Å². The zero-order chi connectivity index (χ0) is 31.2. The highest BCUT2D eigenvalue weighted by atomic mass is 32.2. The van der Waals surface area contributed by atoms with Crippen molar-refractivity contribution < 1.29 is 22.7 Å². The third-order valence-corrected chi connectivity index (χ3v) is 9.82. The molecular weight excluding hydrogens is 586 g/mol. The lowest BCUT2D eigenvalue weighted by Crippen LogP contribution is -2.64. The summed E-state index contributed by atoms with van der Waals surface area (Å²) < 4.78 is 32.3. The van der Waals surface area contributed by atoms with Gasteiger partial charge >= 0.3 is 0 Å². The van der Waals surface area contributed by atoms with E-state index in [1.807, 2.05) is 0 Å². The minimum atomic E-state index is -3.34. The van der Waals surface area contributed by atoms with Crippen molar-refractivity contribution in [3.8, 4) is 17.3 Å². The van der Waals surface area contributed by atoms with Gasteiger partial charge in [0.15, 0.2) is 0 Å². The smallest absolute Gasteiger partial charge is 0.293 e. The number of anilines is 2. The molecule has 4 heterocycles. The van der Waals surface area contributed by atoms with Gasteiger partial charge in [0.25, 0.3) is 12.4 Å². The summed E-state index contributed by atoms with van der Waals surface area (Å²) in [6.07, 6.45) is 6.83. The normalized spacial score (nSPS) is 17.3. The average Bonchev–Trinajstić information content (AvgIpc) is 3.51. The van der Waals surface area contributed by atoms with E-state index in [1.54, 1.807) is 60.5 Å². The first kappa shape index (κ1) is 31.0. The molecule has 0 bridgehead atoms.